The van der Waals surface area contributed by atoms with E-state index < -0.39 is 0 Å². The summed E-state index contributed by atoms with van der Waals surface area (Å²) in [7, 11) is 0. The highest BCUT2D eigenvalue weighted by Crippen LogP contribution is 2.28. The predicted molar refractivity (Wildman–Crippen MR) is 62.2 cm³/mol. The molecular formula is C12H17Br. The molecule has 0 fully saturated rings. The van der Waals surface area contributed by atoms with Crippen LogP contribution in [0.25, 0.3) is 0 Å². The van der Waals surface area contributed by atoms with Crippen LogP contribution in [-0.2, 0) is 11.8 Å². The van der Waals surface area contributed by atoms with Crippen LogP contribution in [-0.4, -0.2) is 0 Å². The lowest BCUT2D eigenvalue weighted by Gasteiger charge is -2.22. The molecule has 0 atom stereocenters. The molecule has 1 heteroatoms. The number of benzene rings is 1. The molecule has 0 aliphatic rings. The Kier molecular flexibility index (Phi) is 3.18. The van der Waals surface area contributed by atoms with Crippen LogP contribution in [0.3, 0.4) is 0 Å². The first-order chi connectivity index (χ1) is 5.95. The average molecular weight is 241 g/mol. The molecule has 1 aromatic rings. The molecule has 72 valence electrons. The van der Waals surface area contributed by atoms with Crippen LogP contribution >= 0.6 is 15.9 Å². The minimum atomic E-state index is 0.256. The highest BCUT2D eigenvalue weighted by Gasteiger charge is 2.16. The zero-order valence-electron chi connectivity index (χ0n) is 8.82. The molecule has 0 amide bonds. The van der Waals surface area contributed by atoms with Crippen molar-refractivity contribution in [2.75, 3.05) is 0 Å². The normalized spacial score (nSPS) is 11.8. The number of hydrogen-bond donors (Lipinski definition) is 0. The van der Waals surface area contributed by atoms with Crippen LogP contribution in [0, 0.1) is 0 Å². The van der Waals surface area contributed by atoms with Crippen molar-refractivity contribution in [3.63, 3.8) is 0 Å². The van der Waals surface area contributed by atoms with E-state index >= 15 is 0 Å². The predicted octanol–water partition coefficient (Wildman–Crippen LogP) is 4.31. The maximum Gasteiger partial charge on any atom is 0.0178 e. The minimum absolute atomic E-state index is 0.256. The third kappa shape index (κ3) is 2.57. The van der Waals surface area contributed by atoms with Gasteiger partial charge in [0.25, 0.3) is 0 Å². The first kappa shape index (κ1) is 10.8. The van der Waals surface area contributed by atoms with Crippen molar-refractivity contribution >= 4 is 15.9 Å². The van der Waals surface area contributed by atoms with Crippen molar-refractivity contribution in [2.24, 2.45) is 0 Å². The summed E-state index contributed by atoms with van der Waals surface area (Å²) in [6.07, 6.45) is 1.10. The average Bonchev–Trinajstić information content (AvgIpc) is 2.01. The summed E-state index contributed by atoms with van der Waals surface area (Å²) in [5, 5.41) is 0. The Morgan fingerprint density at radius 3 is 2.31 bits per heavy atom. The third-order valence-corrected chi connectivity index (χ3v) is 2.75. The molecule has 1 aromatic carbocycles. The van der Waals surface area contributed by atoms with E-state index in [-0.39, 0.29) is 5.41 Å². The van der Waals surface area contributed by atoms with Crippen LogP contribution in [0.4, 0.5) is 0 Å². The Bertz CT molecular complexity index is 294. The summed E-state index contributed by atoms with van der Waals surface area (Å²) in [5.41, 5.74) is 3.16. The van der Waals surface area contributed by atoms with E-state index in [9.17, 15) is 0 Å². The molecule has 0 saturated carbocycles. The molecule has 13 heavy (non-hydrogen) atoms. The quantitative estimate of drug-likeness (QED) is 0.687. The number of halogens is 1. The van der Waals surface area contributed by atoms with Gasteiger partial charge in [-0.2, -0.15) is 0 Å². The van der Waals surface area contributed by atoms with Crippen LogP contribution in [0.2, 0.25) is 0 Å². The number of rotatable bonds is 1. The van der Waals surface area contributed by atoms with Gasteiger partial charge in [0.1, 0.15) is 0 Å². The maximum atomic E-state index is 3.50. The van der Waals surface area contributed by atoms with Crippen LogP contribution in [0.1, 0.15) is 38.8 Å². The molecule has 0 N–H and O–H groups in total. The molecule has 0 bridgehead atoms. The molecule has 0 saturated heterocycles. The SMILES string of the molecule is CCc1cc(Br)ccc1C(C)(C)C. The highest BCUT2D eigenvalue weighted by atomic mass is 79.9. The summed E-state index contributed by atoms with van der Waals surface area (Å²) in [6.45, 7) is 8.98. The Balaban J connectivity index is 3.22. The van der Waals surface area contributed by atoms with Gasteiger partial charge in [-0.15, -0.1) is 0 Å². The Labute approximate surface area is 89.5 Å². The second kappa shape index (κ2) is 3.83. The molecule has 0 aromatic heterocycles. The van der Waals surface area contributed by atoms with E-state index in [1.165, 1.54) is 15.6 Å². The summed E-state index contributed by atoms with van der Waals surface area (Å²) >= 11 is 3.50. The zero-order chi connectivity index (χ0) is 10.1. The second-order valence-corrected chi connectivity index (χ2v) is 5.32. The minimum Gasteiger partial charge on any atom is -0.0613 e. The molecule has 0 nitrogen and oxygen atoms in total. The molecule has 0 heterocycles. The molecule has 0 spiro atoms. The van der Waals surface area contributed by atoms with E-state index in [0.717, 1.165) is 6.42 Å². The van der Waals surface area contributed by atoms with Crippen molar-refractivity contribution in [1.29, 1.82) is 0 Å². The van der Waals surface area contributed by atoms with Crippen molar-refractivity contribution in [2.45, 2.75) is 39.5 Å². The zero-order valence-corrected chi connectivity index (χ0v) is 10.4. The lowest BCUT2D eigenvalue weighted by atomic mass is 9.83. The van der Waals surface area contributed by atoms with Gasteiger partial charge in [-0.3, -0.25) is 0 Å². The van der Waals surface area contributed by atoms with Crippen LogP contribution in [0.5, 0.6) is 0 Å². The lowest BCUT2D eigenvalue weighted by Crippen LogP contribution is -2.13. The van der Waals surface area contributed by atoms with E-state index in [1.54, 1.807) is 0 Å². The summed E-state index contributed by atoms with van der Waals surface area (Å²) in [4.78, 5) is 0. The fourth-order valence-corrected chi connectivity index (χ4v) is 1.99. The van der Waals surface area contributed by atoms with Gasteiger partial charge < -0.3 is 0 Å². The lowest BCUT2D eigenvalue weighted by molar-refractivity contribution is 0.583. The van der Waals surface area contributed by atoms with E-state index in [1.807, 2.05) is 0 Å². The van der Waals surface area contributed by atoms with Gasteiger partial charge in [0.2, 0.25) is 0 Å². The van der Waals surface area contributed by atoms with E-state index in [2.05, 4.69) is 61.8 Å². The smallest absolute Gasteiger partial charge is 0.0178 e. The van der Waals surface area contributed by atoms with E-state index in [0.29, 0.717) is 0 Å². The largest absolute Gasteiger partial charge is 0.0613 e. The molecule has 0 aliphatic heterocycles. The first-order valence-corrected chi connectivity index (χ1v) is 5.53. The molecule has 0 unspecified atom stereocenters. The summed E-state index contributed by atoms with van der Waals surface area (Å²) < 4.78 is 1.18. The second-order valence-electron chi connectivity index (χ2n) is 4.41. The molecule has 1 rings (SSSR count). The Hall–Kier alpha value is -0.300. The van der Waals surface area contributed by atoms with E-state index in [4.69, 9.17) is 0 Å². The van der Waals surface area contributed by atoms with Gasteiger partial charge in [0, 0.05) is 4.47 Å². The Morgan fingerprint density at radius 2 is 1.85 bits per heavy atom. The fourth-order valence-electron chi connectivity index (χ4n) is 1.59. The van der Waals surface area contributed by atoms with Gasteiger partial charge in [0.15, 0.2) is 0 Å². The van der Waals surface area contributed by atoms with Gasteiger partial charge in [-0.25, -0.2) is 0 Å². The van der Waals surface area contributed by atoms with Crippen molar-refractivity contribution in [3.8, 4) is 0 Å². The number of aryl methyl sites for hydroxylation is 1. The van der Waals surface area contributed by atoms with Crippen molar-refractivity contribution in [3.05, 3.63) is 33.8 Å². The van der Waals surface area contributed by atoms with Gasteiger partial charge in [-0.05, 0) is 35.1 Å². The molecule has 0 aliphatic carbocycles. The summed E-state index contributed by atoms with van der Waals surface area (Å²) in [6, 6.07) is 6.57. The fraction of sp³-hybridized carbons (Fsp3) is 0.500. The third-order valence-electron chi connectivity index (χ3n) is 2.26. The van der Waals surface area contributed by atoms with Crippen LogP contribution in [0.15, 0.2) is 22.7 Å². The van der Waals surface area contributed by atoms with Crippen molar-refractivity contribution in [1.82, 2.24) is 0 Å². The van der Waals surface area contributed by atoms with Crippen molar-refractivity contribution < 1.29 is 0 Å². The molecule has 0 radical (unpaired) electrons. The standard InChI is InChI=1S/C12H17Br/c1-5-9-8-10(13)6-7-11(9)12(2,3)4/h6-8H,5H2,1-4H3. The highest BCUT2D eigenvalue weighted by molar-refractivity contribution is 9.10. The van der Waals surface area contributed by atoms with Gasteiger partial charge >= 0.3 is 0 Å². The monoisotopic (exact) mass is 240 g/mol. The molecular weight excluding hydrogens is 224 g/mol. The number of hydrogen-bond acceptors (Lipinski definition) is 0. The maximum absolute atomic E-state index is 3.50. The van der Waals surface area contributed by atoms with Gasteiger partial charge in [0.05, 0.1) is 0 Å². The Morgan fingerprint density at radius 1 is 1.23 bits per heavy atom. The van der Waals surface area contributed by atoms with Gasteiger partial charge in [-0.1, -0.05) is 49.7 Å². The van der Waals surface area contributed by atoms with Crippen LogP contribution < -0.4 is 0 Å². The first-order valence-electron chi connectivity index (χ1n) is 4.74. The topological polar surface area (TPSA) is 0 Å². The summed E-state index contributed by atoms with van der Waals surface area (Å²) in [5.74, 6) is 0.